The molecule has 0 aromatic rings. The van der Waals surface area contributed by atoms with E-state index in [1.165, 1.54) is 25.7 Å². The van der Waals surface area contributed by atoms with E-state index < -0.39 is 20.1 Å². The van der Waals surface area contributed by atoms with Crippen molar-refractivity contribution >= 4 is 13.8 Å². The molecule has 0 aliphatic carbocycles. The molecule has 0 aromatic carbocycles. The molecule has 0 rings (SSSR count). The fraction of sp³-hybridized carbons (Fsp3) is 0.786. The van der Waals surface area contributed by atoms with E-state index in [0.717, 1.165) is 25.3 Å². The van der Waals surface area contributed by atoms with Crippen molar-refractivity contribution in [1.29, 1.82) is 0 Å². The lowest BCUT2D eigenvalue weighted by Crippen LogP contribution is -2.19. The normalized spacial score (nSPS) is 12.9. The van der Waals surface area contributed by atoms with Crippen molar-refractivity contribution in [2.45, 2.75) is 71.0 Å². The molecule has 0 aliphatic heterocycles. The van der Waals surface area contributed by atoms with Crippen LogP contribution in [0, 0.1) is 0 Å². The van der Waals surface area contributed by atoms with Gasteiger partial charge in [-0.05, 0) is 6.42 Å². The maximum Gasteiger partial charge on any atom is 0.472 e. The minimum absolute atomic E-state index is 0.264. The van der Waals surface area contributed by atoms with Crippen LogP contribution in [-0.4, -0.2) is 22.0 Å². The van der Waals surface area contributed by atoms with Gasteiger partial charge in [-0.15, -0.1) is 0 Å². The Kier molecular flexibility index (Phi) is 11.5. The highest BCUT2D eigenvalue weighted by molar-refractivity contribution is 7.46. The summed E-state index contributed by atoms with van der Waals surface area (Å²) < 4.78 is 20.0. The number of hydrogen-bond donors (Lipinski definition) is 2. The number of carbonyl (C=O) groups excluding carboxylic acids is 1. The molecule has 0 aromatic heterocycles. The second-order valence-corrected chi connectivity index (χ2v) is 6.12. The van der Waals surface area contributed by atoms with Gasteiger partial charge in [-0.3, -0.25) is 0 Å². The molecule has 0 saturated heterocycles. The average molecular weight is 322 g/mol. The summed E-state index contributed by atoms with van der Waals surface area (Å²) in [6.45, 7) is 5.40. The number of hydrogen-bond acceptors (Lipinski definition) is 4. The number of carbonyl (C=O) groups is 1. The first kappa shape index (κ1) is 20.3. The van der Waals surface area contributed by atoms with Crippen molar-refractivity contribution in [2.75, 3.05) is 0 Å². The van der Waals surface area contributed by atoms with Crippen molar-refractivity contribution in [3.8, 4) is 0 Å². The van der Waals surface area contributed by atoms with Gasteiger partial charge in [-0.1, -0.05) is 58.4 Å². The van der Waals surface area contributed by atoms with Crippen molar-refractivity contribution < 1.29 is 28.4 Å². The summed E-state index contributed by atoms with van der Waals surface area (Å²) in [6, 6.07) is 0. The van der Waals surface area contributed by atoms with Crippen LogP contribution in [0.1, 0.15) is 64.7 Å². The van der Waals surface area contributed by atoms with Crippen LogP contribution in [0.3, 0.4) is 0 Å². The zero-order chi connectivity index (χ0) is 16.1. The molecule has 1 atom stereocenters. The van der Waals surface area contributed by atoms with Crippen molar-refractivity contribution in [1.82, 2.24) is 0 Å². The molecule has 21 heavy (non-hydrogen) atoms. The molecule has 0 heterocycles. The van der Waals surface area contributed by atoms with Crippen LogP contribution in [0.4, 0.5) is 0 Å². The van der Waals surface area contributed by atoms with Gasteiger partial charge in [-0.25, -0.2) is 13.9 Å². The fourth-order valence-electron chi connectivity index (χ4n) is 1.91. The van der Waals surface area contributed by atoms with Gasteiger partial charge in [-0.2, -0.15) is 0 Å². The summed E-state index contributed by atoms with van der Waals surface area (Å²) >= 11 is 0. The summed E-state index contributed by atoms with van der Waals surface area (Å²) in [5, 5.41) is 0. The monoisotopic (exact) mass is 322 g/mol. The molecule has 7 heteroatoms. The first-order valence-corrected chi connectivity index (χ1v) is 8.99. The number of rotatable bonds is 13. The highest BCUT2D eigenvalue weighted by atomic mass is 31.2. The van der Waals surface area contributed by atoms with Crippen LogP contribution in [0.5, 0.6) is 0 Å². The van der Waals surface area contributed by atoms with Gasteiger partial charge in [0.05, 0.1) is 0 Å². The topological polar surface area (TPSA) is 93.1 Å². The van der Waals surface area contributed by atoms with Crippen molar-refractivity contribution in [3.63, 3.8) is 0 Å². The Morgan fingerprint density at radius 1 is 1.14 bits per heavy atom. The number of phosphoric ester groups is 1. The van der Waals surface area contributed by atoms with Crippen LogP contribution < -0.4 is 0 Å². The van der Waals surface area contributed by atoms with Crippen LogP contribution in [0.25, 0.3) is 0 Å². The van der Waals surface area contributed by atoms with Gasteiger partial charge >= 0.3 is 13.8 Å². The lowest BCUT2D eigenvalue weighted by molar-refractivity contribution is -0.160. The molecule has 6 nitrogen and oxygen atoms in total. The number of esters is 1. The molecule has 0 radical (unpaired) electrons. The lowest BCUT2D eigenvalue weighted by Gasteiger charge is -2.17. The number of phosphoric acid groups is 1. The largest absolute Gasteiger partial charge is 0.472 e. The van der Waals surface area contributed by atoms with Gasteiger partial charge in [0.25, 0.3) is 0 Å². The molecule has 124 valence electrons. The average Bonchev–Trinajstić information content (AvgIpc) is 2.39. The molecule has 0 fully saturated rings. The zero-order valence-corrected chi connectivity index (χ0v) is 13.6. The van der Waals surface area contributed by atoms with Gasteiger partial charge < -0.3 is 14.5 Å². The summed E-state index contributed by atoms with van der Waals surface area (Å²) in [7, 11) is -4.67. The maximum absolute atomic E-state index is 11.1. The summed E-state index contributed by atoms with van der Waals surface area (Å²) in [5.41, 5.74) is 0. The van der Waals surface area contributed by atoms with Crippen molar-refractivity contribution in [3.05, 3.63) is 12.7 Å². The highest BCUT2D eigenvalue weighted by Gasteiger charge is 2.24. The van der Waals surface area contributed by atoms with E-state index in [4.69, 9.17) is 14.5 Å². The van der Waals surface area contributed by atoms with E-state index in [-0.39, 0.29) is 6.42 Å². The first-order chi connectivity index (χ1) is 9.89. The van der Waals surface area contributed by atoms with Gasteiger partial charge in [0, 0.05) is 12.5 Å². The van der Waals surface area contributed by atoms with Crippen molar-refractivity contribution in [2.24, 2.45) is 0 Å². The quantitative estimate of drug-likeness (QED) is 0.177. The first-order valence-electron chi connectivity index (χ1n) is 7.46. The Labute approximate surface area is 126 Å². The molecular weight excluding hydrogens is 295 g/mol. The predicted molar refractivity (Wildman–Crippen MR) is 80.4 cm³/mol. The Morgan fingerprint density at radius 2 is 1.67 bits per heavy atom. The molecule has 0 aliphatic rings. The Morgan fingerprint density at radius 3 is 2.14 bits per heavy atom. The minimum atomic E-state index is -4.67. The minimum Gasteiger partial charge on any atom is -0.432 e. The van der Waals surface area contributed by atoms with Crippen LogP contribution in [-0.2, 0) is 18.6 Å². The second-order valence-electron chi connectivity index (χ2n) is 4.93. The van der Waals surface area contributed by atoms with Gasteiger partial charge in [0.2, 0.25) is 6.29 Å². The Balaban J connectivity index is 3.87. The molecule has 0 amide bonds. The number of unbranched alkanes of at least 4 members (excludes halogenated alkanes) is 7. The van der Waals surface area contributed by atoms with Crippen LogP contribution in [0.2, 0.25) is 0 Å². The summed E-state index contributed by atoms with van der Waals surface area (Å²) in [5.74, 6) is -0.756. The Hall–Kier alpha value is -0.680. The van der Waals surface area contributed by atoms with Gasteiger partial charge in [0.15, 0.2) is 0 Å². The third-order valence-corrected chi connectivity index (χ3v) is 3.47. The second kappa shape index (κ2) is 11.9. The lowest BCUT2D eigenvalue weighted by atomic mass is 10.1. The Bertz CT molecular complexity index is 338. The van der Waals surface area contributed by atoms with E-state index in [1.807, 2.05) is 0 Å². The molecule has 0 spiro atoms. The third-order valence-electron chi connectivity index (χ3n) is 2.96. The standard InChI is InChI=1S/C14H27O6P/c1-3-5-6-7-8-9-10-11-12-14(19-13(15)4-2)20-21(16,17)18/h4,14H,2-3,5-12H2,1H3,(H2,16,17,18). The van der Waals surface area contributed by atoms with Crippen LogP contribution >= 0.6 is 7.82 Å². The smallest absolute Gasteiger partial charge is 0.432 e. The maximum atomic E-state index is 11.1. The zero-order valence-electron chi connectivity index (χ0n) is 12.7. The van der Waals surface area contributed by atoms with E-state index in [1.54, 1.807) is 0 Å². The molecular formula is C14H27O6P. The molecule has 0 bridgehead atoms. The fourth-order valence-corrected chi connectivity index (χ4v) is 2.36. The third kappa shape index (κ3) is 14.0. The van der Waals surface area contributed by atoms with Gasteiger partial charge in [0.1, 0.15) is 0 Å². The highest BCUT2D eigenvalue weighted by Crippen LogP contribution is 2.38. The summed E-state index contributed by atoms with van der Waals surface area (Å²) in [4.78, 5) is 28.6. The SMILES string of the molecule is C=CC(=O)OC(CCCCCCCCCC)OP(=O)(O)O. The van der Waals surface area contributed by atoms with E-state index in [0.29, 0.717) is 6.42 Å². The van der Waals surface area contributed by atoms with Crippen LogP contribution in [0.15, 0.2) is 12.7 Å². The predicted octanol–water partition coefficient (Wildman–Crippen LogP) is 3.68. The molecule has 1 unspecified atom stereocenters. The van der Waals surface area contributed by atoms with E-state index in [9.17, 15) is 9.36 Å². The molecule has 2 N–H and O–H groups in total. The summed E-state index contributed by atoms with van der Waals surface area (Å²) in [6.07, 6.45) is 8.71. The molecule has 0 saturated carbocycles. The van der Waals surface area contributed by atoms with E-state index in [2.05, 4.69) is 18.0 Å². The number of ether oxygens (including phenoxy) is 1. The van der Waals surface area contributed by atoms with E-state index >= 15 is 0 Å².